The fourth-order valence-corrected chi connectivity index (χ4v) is 1.48. The van der Waals surface area contributed by atoms with Crippen molar-refractivity contribution in [3.63, 3.8) is 0 Å². The predicted molar refractivity (Wildman–Crippen MR) is 54.3 cm³/mol. The highest BCUT2D eigenvalue weighted by molar-refractivity contribution is 5.62. The van der Waals surface area contributed by atoms with Crippen LogP contribution in [0.1, 0.15) is 5.56 Å². The van der Waals surface area contributed by atoms with Crippen LogP contribution in [0.5, 0.6) is 0 Å². The van der Waals surface area contributed by atoms with Crippen molar-refractivity contribution in [2.45, 2.75) is 6.92 Å². The number of hydrogen-bond acceptors (Lipinski definition) is 1. The minimum atomic E-state index is -0.588. The fraction of sp³-hybridized carbons (Fsp3) is 0.0833. The van der Waals surface area contributed by atoms with Crippen molar-refractivity contribution in [1.29, 1.82) is 0 Å². The number of hydrogen-bond donors (Lipinski definition) is 0. The van der Waals surface area contributed by atoms with E-state index in [4.69, 9.17) is 0 Å². The summed E-state index contributed by atoms with van der Waals surface area (Å²) < 4.78 is 26.0. The summed E-state index contributed by atoms with van der Waals surface area (Å²) in [5.41, 5.74) is 1.96. The SMILES string of the molecule is Cc1cccnc1-c1cc(F)cc(F)c1. The van der Waals surface area contributed by atoms with E-state index in [1.165, 1.54) is 12.1 Å². The Hall–Kier alpha value is -1.77. The molecule has 1 aromatic carbocycles. The maximum atomic E-state index is 13.0. The summed E-state index contributed by atoms with van der Waals surface area (Å²) >= 11 is 0. The van der Waals surface area contributed by atoms with E-state index in [0.29, 0.717) is 11.3 Å². The van der Waals surface area contributed by atoms with Crippen LogP contribution in [-0.4, -0.2) is 4.98 Å². The summed E-state index contributed by atoms with van der Waals surface area (Å²) in [7, 11) is 0. The smallest absolute Gasteiger partial charge is 0.126 e. The normalized spacial score (nSPS) is 10.3. The summed E-state index contributed by atoms with van der Waals surface area (Å²) in [6, 6.07) is 7.04. The van der Waals surface area contributed by atoms with Crippen molar-refractivity contribution in [2.24, 2.45) is 0 Å². The molecule has 76 valence electrons. The van der Waals surface area contributed by atoms with Crippen molar-refractivity contribution >= 4 is 0 Å². The van der Waals surface area contributed by atoms with Gasteiger partial charge in [0.2, 0.25) is 0 Å². The van der Waals surface area contributed by atoms with Crippen LogP contribution in [0.3, 0.4) is 0 Å². The molecule has 15 heavy (non-hydrogen) atoms. The maximum Gasteiger partial charge on any atom is 0.126 e. The van der Waals surface area contributed by atoms with E-state index in [1.807, 2.05) is 13.0 Å². The van der Waals surface area contributed by atoms with Gasteiger partial charge in [-0.3, -0.25) is 4.98 Å². The van der Waals surface area contributed by atoms with Gasteiger partial charge in [-0.15, -0.1) is 0 Å². The third-order valence-electron chi connectivity index (χ3n) is 2.15. The minimum Gasteiger partial charge on any atom is -0.256 e. The Kier molecular flexibility index (Phi) is 2.46. The van der Waals surface area contributed by atoms with Crippen LogP contribution >= 0.6 is 0 Å². The molecule has 1 nitrogen and oxygen atoms in total. The number of pyridine rings is 1. The Labute approximate surface area is 86.4 Å². The molecular weight excluding hydrogens is 196 g/mol. The van der Waals surface area contributed by atoms with Gasteiger partial charge in [0.25, 0.3) is 0 Å². The van der Waals surface area contributed by atoms with E-state index >= 15 is 0 Å². The monoisotopic (exact) mass is 205 g/mol. The molecule has 2 rings (SSSR count). The molecule has 0 N–H and O–H groups in total. The first-order valence-corrected chi connectivity index (χ1v) is 4.55. The second-order valence-corrected chi connectivity index (χ2v) is 3.33. The van der Waals surface area contributed by atoms with Gasteiger partial charge in [-0.1, -0.05) is 6.07 Å². The van der Waals surface area contributed by atoms with E-state index in [-0.39, 0.29) is 0 Å². The predicted octanol–water partition coefficient (Wildman–Crippen LogP) is 3.34. The second-order valence-electron chi connectivity index (χ2n) is 3.33. The number of halogens is 2. The van der Waals surface area contributed by atoms with Crippen molar-refractivity contribution < 1.29 is 8.78 Å². The Morgan fingerprint density at radius 1 is 1.07 bits per heavy atom. The first kappa shape index (κ1) is 9.77. The highest BCUT2D eigenvalue weighted by Crippen LogP contribution is 2.22. The van der Waals surface area contributed by atoms with Gasteiger partial charge >= 0.3 is 0 Å². The van der Waals surface area contributed by atoms with Crippen LogP contribution in [0.25, 0.3) is 11.3 Å². The summed E-state index contributed by atoms with van der Waals surface area (Å²) in [6.45, 7) is 1.85. The molecule has 0 bridgehead atoms. The van der Waals surface area contributed by atoms with Crippen LogP contribution in [0.2, 0.25) is 0 Å². The topological polar surface area (TPSA) is 12.9 Å². The van der Waals surface area contributed by atoms with Crippen molar-refractivity contribution in [2.75, 3.05) is 0 Å². The quantitative estimate of drug-likeness (QED) is 0.695. The molecule has 0 amide bonds. The van der Waals surface area contributed by atoms with Gasteiger partial charge in [0.15, 0.2) is 0 Å². The highest BCUT2D eigenvalue weighted by atomic mass is 19.1. The van der Waals surface area contributed by atoms with Crippen LogP contribution in [0.4, 0.5) is 8.78 Å². The first-order valence-electron chi connectivity index (χ1n) is 4.55. The molecule has 0 saturated carbocycles. The molecule has 0 aliphatic carbocycles. The Morgan fingerprint density at radius 3 is 2.33 bits per heavy atom. The second kappa shape index (κ2) is 3.77. The highest BCUT2D eigenvalue weighted by Gasteiger charge is 2.06. The molecule has 0 aliphatic rings. The van der Waals surface area contributed by atoms with E-state index in [0.717, 1.165) is 11.6 Å². The number of aryl methyl sites for hydroxylation is 1. The Bertz CT molecular complexity index is 474. The van der Waals surface area contributed by atoms with Crippen molar-refractivity contribution in [3.8, 4) is 11.3 Å². The largest absolute Gasteiger partial charge is 0.256 e. The number of nitrogens with zero attached hydrogens (tertiary/aromatic N) is 1. The van der Waals surface area contributed by atoms with E-state index in [2.05, 4.69) is 4.98 Å². The molecule has 0 saturated heterocycles. The van der Waals surface area contributed by atoms with E-state index in [1.54, 1.807) is 12.3 Å². The lowest BCUT2D eigenvalue weighted by Crippen LogP contribution is -1.89. The van der Waals surface area contributed by atoms with Gasteiger partial charge in [0, 0.05) is 17.8 Å². The molecule has 3 heteroatoms. The maximum absolute atomic E-state index is 13.0. The van der Waals surface area contributed by atoms with E-state index < -0.39 is 11.6 Å². The molecule has 0 spiro atoms. The zero-order valence-corrected chi connectivity index (χ0v) is 8.17. The van der Waals surface area contributed by atoms with Crippen LogP contribution in [0.15, 0.2) is 36.5 Å². The Balaban J connectivity index is 2.59. The molecule has 2 aromatic rings. The van der Waals surface area contributed by atoms with Gasteiger partial charge in [0.05, 0.1) is 5.69 Å². The standard InChI is InChI=1S/C12H9F2N/c1-8-3-2-4-15-12(8)9-5-10(13)7-11(14)6-9/h2-7H,1H3. The molecule has 0 unspecified atom stereocenters. The average molecular weight is 205 g/mol. The fourth-order valence-electron chi connectivity index (χ4n) is 1.48. The zero-order valence-electron chi connectivity index (χ0n) is 8.17. The zero-order chi connectivity index (χ0) is 10.8. The lowest BCUT2D eigenvalue weighted by molar-refractivity contribution is 0.584. The molecule has 0 fully saturated rings. The van der Waals surface area contributed by atoms with Gasteiger partial charge < -0.3 is 0 Å². The first-order chi connectivity index (χ1) is 7.16. The summed E-state index contributed by atoms with van der Waals surface area (Å²) in [4.78, 5) is 4.10. The average Bonchev–Trinajstić information content (AvgIpc) is 2.16. The van der Waals surface area contributed by atoms with Gasteiger partial charge in [-0.25, -0.2) is 8.78 Å². The number of benzene rings is 1. The van der Waals surface area contributed by atoms with Crippen LogP contribution in [0, 0.1) is 18.6 Å². The molecule has 0 radical (unpaired) electrons. The van der Waals surface area contributed by atoms with Gasteiger partial charge in [0.1, 0.15) is 11.6 Å². The van der Waals surface area contributed by atoms with Crippen LogP contribution < -0.4 is 0 Å². The van der Waals surface area contributed by atoms with Crippen molar-refractivity contribution in [3.05, 3.63) is 53.7 Å². The summed E-state index contributed by atoms with van der Waals surface area (Å²) in [6.07, 6.45) is 1.60. The molecule has 1 aromatic heterocycles. The van der Waals surface area contributed by atoms with Crippen molar-refractivity contribution in [1.82, 2.24) is 4.98 Å². The number of aromatic nitrogens is 1. The van der Waals surface area contributed by atoms with Crippen LogP contribution in [-0.2, 0) is 0 Å². The summed E-state index contributed by atoms with van der Waals surface area (Å²) in [5.74, 6) is -1.18. The van der Waals surface area contributed by atoms with Gasteiger partial charge in [-0.2, -0.15) is 0 Å². The lowest BCUT2D eigenvalue weighted by Gasteiger charge is -2.04. The van der Waals surface area contributed by atoms with Gasteiger partial charge in [-0.05, 0) is 30.7 Å². The van der Waals surface area contributed by atoms with E-state index in [9.17, 15) is 8.78 Å². The molecular formula is C12H9F2N. The molecule has 1 heterocycles. The third-order valence-corrected chi connectivity index (χ3v) is 2.15. The molecule has 0 atom stereocenters. The Morgan fingerprint density at radius 2 is 1.73 bits per heavy atom. The lowest BCUT2D eigenvalue weighted by atomic mass is 10.1. The summed E-state index contributed by atoms with van der Waals surface area (Å²) in [5, 5.41) is 0. The number of rotatable bonds is 1. The molecule has 0 aliphatic heterocycles. The third kappa shape index (κ3) is 2.01. The minimum absolute atomic E-state index is 0.464.